The monoisotopic (exact) mass is 1410 g/mol. The zero-order chi connectivity index (χ0) is 72.9. The molecule has 9 nitrogen and oxygen atoms in total. The van der Waals surface area contributed by atoms with Crippen molar-refractivity contribution in [3.05, 3.63) is 243 Å². The fourth-order valence-electron chi connectivity index (χ4n) is 9.99. The molecular weight excluding hydrogens is 1270 g/mol. The largest absolute Gasteiger partial charge is 0.472 e. The molecule has 10 heteroatoms. The van der Waals surface area contributed by atoms with Gasteiger partial charge in [0.2, 0.25) is 0 Å². The van der Waals surface area contributed by atoms with Gasteiger partial charge in [-0.1, -0.05) is 347 Å². The highest BCUT2D eigenvalue weighted by atomic mass is 31.2. The minimum absolute atomic E-state index is 0.0373. The molecule has 0 amide bonds. The zero-order valence-corrected chi connectivity index (χ0v) is 64.4. The lowest BCUT2D eigenvalue weighted by atomic mass is 10.0. The molecule has 0 aliphatic rings. The highest BCUT2D eigenvalue weighted by molar-refractivity contribution is 7.47. The Kier molecular flexibility index (Phi) is 77.7. The van der Waals surface area contributed by atoms with E-state index < -0.39 is 32.5 Å². The summed E-state index contributed by atoms with van der Waals surface area (Å²) in [5.74, 6) is -0.871. The smallest absolute Gasteiger partial charge is 0.462 e. The molecule has 0 aliphatic carbocycles. The molecule has 0 rings (SSSR count). The number of rotatable bonds is 71. The van der Waals surface area contributed by atoms with Crippen LogP contribution in [-0.4, -0.2) is 49.3 Å². The maximum Gasteiger partial charge on any atom is 0.472 e. The lowest BCUT2D eigenvalue weighted by molar-refractivity contribution is -0.161. The minimum Gasteiger partial charge on any atom is -0.462 e. The first-order chi connectivity index (χ1) is 49.8. The zero-order valence-electron chi connectivity index (χ0n) is 63.5. The first-order valence-electron chi connectivity index (χ1n) is 39.5. The molecule has 0 aromatic heterocycles. The Labute approximate surface area is 618 Å². The van der Waals surface area contributed by atoms with E-state index in [1.807, 2.05) is 0 Å². The highest BCUT2D eigenvalue weighted by Crippen LogP contribution is 2.43. The average Bonchev–Trinajstić information content (AvgIpc) is 1.04. The van der Waals surface area contributed by atoms with Gasteiger partial charge in [0.15, 0.2) is 6.10 Å². The number of unbranched alkanes of at least 4 members (excludes halogenated alkanes) is 18. The van der Waals surface area contributed by atoms with E-state index in [9.17, 15) is 19.0 Å². The van der Waals surface area contributed by atoms with E-state index in [0.717, 1.165) is 180 Å². The second kappa shape index (κ2) is 82.8. The molecule has 0 saturated carbocycles. The van der Waals surface area contributed by atoms with E-state index in [0.29, 0.717) is 6.42 Å². The van der Waals surface area contributed by atoms with Crippen LogP contribution in [0.4, 0.5) is 0 Å². The Hall–Kier alpha value is -6.19. The third-order valence-corrected chi connectivity index (χ3v) is 16.7. The summed E-state index contributed by atoms with van der Waals surface area (Å²) in [6, 6.07) is 0. The third kappa shape index (κ3) is 82.7. The second-order valence-electron chi connectivity index (χ2n) is 25.1. The molecular formula is C91H142NO8P. The number of hydrogen-bond acceptors (Lipinski definition) is 8. The molecule has 0 spiro atoms. The van der Waals surface area contributed by atoms with Crippen LogP contribution in [0.2, 0.25) is 0 Å². The van der Waals surface area contributed by atoms with Crippen LogP contribution in [0.15, 0.2) is 243 Å². The summed E-state index contributed by atoms with van der Waals surface area (Å²) in [5, 5.41) is 0. The number of allylic oxidation sites excluding steroid dienone is 40. The molecule has 0 bridgehead atoms. The predicted octanol–water partition coefficient (Wildman–Crippen LogP) is 27.1. The lowest BCUT2D eigenvalue weighted by Gasteiger charge is -2.19. The second-order valence-corrected chi connectivity index (χ2v) is 26.6. The third-order valence-electron chi connectivity index (χ3n) is 15.7. The Morgan fingerprint density at radius 3 is 0.762 bits per heavy atom. The van der Waals surface area contributed by atoms with Crippen molar-refractivity contribution < 1.29 is 37.6 Å². The number of phosphoric ester groups is 1. The lowest BCUT2D eigenvalue weighted by Crippen LogP contribution is -2.29. The van der Waals surface area contributed by atoms with Crippen LogP contribution in [0.5, 0.6) is 0 Å². The van der Waals surface area contributed by atoms with Crippen molar-refractivity contribution in [1.82, 2.24) is 0 Å². The first-order valence-corrected chi connectivity index (χ1v) is 41.0. The van der Waals surface area contributed by atoms with Crippen molar-refractivity contribution >= 4 is 19.8 Å². The van der Waals surface area contributed by atoms with E-state index in [1.165, 1.54) is 70.6 Å². The summed E-state index contributed by atoms with van der Waals surface area (Å²) in [6.07, 6.45) is 131. The average molecular weight is 1410 g/mol. The van der Waals surface area contributed by atoms with Gasteiger partial charge in [0, 0.05) is 19.4 Å². The number of nitrogens with two attached hydrogens (primary N) is 1. The van der Waals surface area contributed by atoms with Gasteiger partial charge in [-0.25, -0.2) is 4.57 Å². The standard InChI is InChI=1S/C91H142NO8P/c1-3-5-7-9-11-13-15-17-19-21-23-25-27-29-31-33-35-37-39-41-43-44-46-48-50-52-54-56-58-60-62-64-66-68-70-72-74-76-78-80-82-84-91(94)100-89(88-99-101(95,96)98-86-85-92)87-97-90(93)83-81-79-77-75-73-71-69-67-65-63-61-59-57-55-53-51-49-47-45-42-40-38-36-34-32-30-28-26-24-22-20-18-16-14-12-10-8-6-4-2/h5-8,11-14,17-20,23-26,29-32,35-38,41-43,45-46,48-49,51-52,54,58,60,64,66,70,72,89H,3-4,9-10,15-16,21-22,27-28,33-34,39-40,44,47,50,53,55-57,59,61-63,65,67-69,71,73-88,92H2,1-2H3,(H,95,96)/b7-5-,8-6-,13-11-,14-12-,19-17-,20-18-,25-23-,26-24-,31-29-,32-30-,37-35-,38-36-,43-41-,45-42-,48-46-,51-49-,54-52-,60-58-,66-64-,72-70-. The van der Waals surface area contributed by atoms with Crippen molar-refractivity contribution in [2.24, 2.45) is 5.73 Å². The molecule has 564 valence electrons. The number of carbonyl (C=O) groups excluding carboxylic acids is 2. The highest BCUT2D eigenvalue weighted by Gasteiger charge is 2.26. The SMILES string of the molecule is CC/C=C\C/C=C\C/C=C\C/C=C\C/C=C\C/C=C\C/C=C\C/C=C\C/C=C\C/C=C\C/C=C\C/C=C\CCCCCCC(=O)OC(COC(=O)CCCCCCCCCCCCCCCC/C=C\C/C=C\C/C=C\C/C=C\C/C=C\C/C=C\C/C=C\C/C=C\CC)COP(=O)(O)OCCN. The van der Waals surface area contributed by atoms with Crippen molar-refractivity contribution in [2.75, 3.05) is 26.4 Å². The maximum atomic E-state index is 12.8. The van der Waals surface area contributed by atoms with Gasteiger partial charge in [0.05, 0.1) is 13.2 Å². The van der Waals surface area contributed by atoms with Crippen LogP contribution in [0, 0.1) is 0 Å². The Bertz CT molecular complexity index is 2570. The molecule has 0 aromatic carbocycles. The van der Waals surface area contributed by atoms with Crippen LogP contribution in [-0.2, 0) is 32.7 Å². The number of esters is 2. The Morgan fingerprint density at radius 2 is 0.515 bits per heavy atom. The maximum absolute atomic E-state index is 12.8. The fraction of sp³-hybridized carbons (Fsp3) is 0.538. The molecule has 3 N–H and O–H groups in total. The van der Waals surface area contributed by atoms with Crippen molar-refractivity contribution in [3.8, 4) is 0 Å². The molecule has 101 heavy (non-hydrogen) atoms. The normalized spacial score (nSPS) is 14.2. The van der Waals surface area contributed by atoms with E-state index in [2.05, 4.69) is 257 Å². The molecule has 0 fully saturated rings. The van der Waals surface area contributed by atoms with Crippen LogP contribution in [0.3, 0.4) is 0 Å². The summed E-state index contributed by atoms with van der Waals surface area (Å²) in [7, 11) is -4.42. The molecule has 2 atom stereocenters. The van der Waals surface area contributed by atoms with Gasteiger partial charge in [-0.05, 0) is 167 Å². The van der Waals surface area contributed by atoms with E-state index in [4.69, 9.17) is 24.3 Å². The molecule has 0 radical (unpaired) electrons. The summed E-state index contributed by atoms with van der Waals surface area (Å²) < 4.78 is 33.2. The van der Waals surface area contributed by atoms with Gasteiger partial charge in [0.1, 0.15) is 6.61 Å². The Morgan fingerprint density at radius 1 is 0.297 bits per heavy atom. The van der Waals surface area contributed by atoms with E-state index in [1.54, 1.807) is 0 Å². The van der Waals surface area contributed by atoms with Crippen molar-refractivity contribution in [1.29, 1.82) is 0 Å². The molecule has 0 heterocycles. The van der Waals surface area contributed by atoms with Gasteiger partial charge in [-0.3, -0.25) is 18.6 Å². The number of phosphoric acid groups is 1. The summed E-state index contributed by atoms with van der Waals surface area (Å²) in [6.45, 7) is 3.47. The number of ether oxygens (including phenoxy) is 2. The first kappa shape index (κ1) is 94.8. The molecule has 2 unspecified atom stereocenters. The van der Waals surface area contributed by atoms with Gasteiger partial charge in [-0.15, -0.1) is 0 Å². The van der Waals surface area contributed by atoms with E-state index in [-0.39, 0.29) is 32.6 Å². The fourth-order valence-corrected chi connectivity index (χ4v) is 10.8. The summed E-state index contributed by atoms with van der Waals surface area (Å²) >= 11 is 0. The van der Waals surface area contributed by atoms with Crippen molar-refractivity contribution in [2.45, 2.75) is 290 Å². The number of carbonyl (C=O) groups is 2. The topological polar surface area (TPSA) is 134 Å². The van der Waals surface area contributed by atoms with Gasteiger partial charge >= 0.3 is 19.8 Å². The van der Waals surface area contributed by atoms with Gasteiger partial charge in [-0.2, -0.15) is 0 Å². The van der Waals surface area contributed by atoms with E-state index >= 15 is 0 Å². The molecule has 0 aromatic rings. The summed E-state index contributed by atoms with van der Waals surface area (Å²) in [5.41, 5.74) is 5.41. The van der Waals surface area contributed by atoms with Crippen LogP contribution in [0.1, 0.15) is 284 Å². The number of hydrogen-bond donors (Lipinski definition) is 2. The Balaban J connectivity index is 3.99. The van der Waals surface area contributed by atoms with Crippen LogP contribution in [0.25, 0.3) is 0 Å². The van der Waals surface area contributed by atoms with Crippen molar-refractivity contribution in [3.63, 3.8) is 0 Å². The molecule has 0 saturated heterocycles. The summed E-state index contributed by atoms with van der Waals surface area (Å²) in [4.78, 5) is 35.5. The quantitative estimate of drug-likeness (QED) is 0.0264. The van der Waals surface area contributed by atoms with Crippen LogP contribution >= 0.6 is 7.82 Å². The van der Waals surface area contributed by atoms with Gasteiger partial charge < -0.3 is 20.1 Å². The minimum atomic E-state index is -4.42. The molecule has 0 aliphatic heterocycles. The van der Waals surface area contributed by atoms with Crippen LogP contribution < -0.4 is 5.73 Å². The van der Waals surface area contributed by atoms with Gasteiger partial charge in [0.25, 0.3) is 0 Å². The predicted molar refractivity (Wildman–Crippen MR) is 440 cm³/mol.